The van der Waals surface area contributed by atoms with Crippen LogP contribution in [0.1, 0.15) is 35.8 Å². The lowest BCUT2D eigenvalue weighted by molar-refractivity contribution is 0.129. The molecule has 2 aliphatic rings. The van der Waals surface area contributed by atoms with Crippen molar-refractivity contribution in [3.05, 3.63) is 17.0 Å². The summed E-state index contributed by atoms with van der Waals surface area (Å²) in [6.07, 6.45) is 2.10. The fraction of sp³-hybridized carbons (Fsp3) is 0.636. The van der Waals surface area contributed by atoms with E-state index >= 15 is 0 Å². The number of aromatic nitrogens is 2. The largest absolute Gasteiger partial charge is 0.370 e. The molecule has 5 heteroatoms. The van der Waals surface area contributed by atoms with Crippen LogP contribution in [0, 0.1) is 11.3 Å². The van der Waals surface area contributed by atoms with Crippen molar-refractivity contribution < 1.29 is 4.74 Å². The van der Waals surface area contributed by atoms with Crippen molar-refractivity contribution >= 4 is 0 Å². The van der Waals surface area contributed by atoms with Crippen LogP contribution in [0.3, 0.4) is 0 Å². The lowest BCUT2D eigenvalue weighted by atomic mass is 10.1. The molecule has 1 fully saturated rings. The van der Waals surface area contributed by atoms with Gasteiger partial charge in [0.1, 0.15) is 11.8 Å². The summed E-state index contributed by atoms with van der Waals surface area (Å²) in [5.74, 6) is 0. The predicted octanol–water partition coefficient (Wildman–Crippen LogP) is 0.709. The second-order valence-corrected chi connectivity index (χ2v) is 4.30. The number of fused-ring (bicyclic) bond motifs is 1. The van der Waals surface area contributed by atoms with Gasteiger partial charge >= 0.3 is 0 Å². The molecule has 16 heavy (non-hydrogen) atoms. The van der Waals surface area contributed by atoms with Crippen LogP contribution < -0.4 is 5.32 Å². The van der Waals surface area contributed by atoms with Gasteiger partial charge in [0.25, 0.3) is 0 Å². The number of hydrogen-bond acceptors (Lipinski definition) is 4. The monoisotopic (exact) mass is 218 g/mol. The van der Waals surface area contributed by atoms with Crippen molar-refractivity contribution in [2.45, 2.75) is 32.1 Å². The maximum Gasteiger partial charge on any atom is 0.144 e. The number of nitrogens with one attached hydrogen (secondary N) is 1. The third-order valence-electron chi connectivity index (χ3n) is 3.34. The molecule has 0 atom stereocenters. The summed E-state index contributed by atoms with van der Waals surface area (Å²) in [4.78, 5) is 0. The van der Waals surface area contributed by atoms with Crippen LogP contribution in [0.2, 0.25) is 0 Å². The van der Waals surface area contributed by atoms with Crippen LogP contribution in [0.15, 0.2) is 0 Å². The van der Waals surface area contributed by atoms with E-state index in [1.54, 1.807) is 0 Å². The molecule has 1 saturated heterocycles. The van der Waals surface area contributed by atoms with Gasteiger partial charge in [-0.3, -0.25) is 4.68 Å². The summed E-state index contributed by atoms with van der Waals surface area (Å²) in [7, 11) is 0. The molecule has 0 bridgehead atoms. The van der Waals surface area contributed by atoms with Crippen molar-refractivity contribution in [2.24, 2.45) is 0 Å². The van der Waals surface area contributed by atoms with Gasteiger partial charge in [-0.25, -0.2) is 0 Å². The summed E-state index contributed by atoms with van der Waals surface area (Å²) in [5.41, 5.74) is 2.66. The molecule has 3 heterocycles. The van der Waals surface area contributed by atoms with E-state index in [-0.39, 0.29) is 0 Å². The molecule has 0 radical (unpaired) electrons. The molecule has 84 valence electrons. The summed E-state index contributed by atoms with van der Waals surface area (Å²) in [5, 5.41) is 17.1. The number of ether oxygens (including phenoxy) is 1. The SMILES string of the molecule is N#Cc1c2c(nn1C1CCNCC1)COC2. The zero-order valence-corrected chi connectivity index (χ0v) is 9.07. The Morgan fingerprint density at radius 1 is 1.38 bits per heavy atom. The second-order valence-electron chi connectivity index (χ2n) is 4.30. The second kappa shape index (κ2) is 3.89. The topological polar surface area (TPSA) is 62.9 Å². The Morgan fingerprint density at radius 2 is 2.19 bits per heavy atom. The molecule has 3 rings (SSSR count). The highest BCUT2D eigenvalue weighted by Crippen LogP contribution is 2.27. The third kappa shape index (κ3) is 1.42. The van der Waals surface area contributed by atoms with E-state index in [2.05, 4.69) is 16.5 Å². The predicted molar refractivity (Wildman–Crippen MR) is 56.6 cm³/mol. The fourth-order valence-electron chi connectivity index (χ4n) is 2.47. The highest BCUT2D eigenvalue weighted by atomic mass is 16.5. The highest BCUT2D eigenvalue weighted by Gasteiger charge is 2.27. The van der Waals surface area contributed by atoms with E-state index in [4.69, 9.17) is 4.74 Å². The molecule has 5 nitrogen and oxygen atoms in total. The Bertz CT molecular complexity index is 440. The number of nitriles is 1. The van der Waals surface area contributed by atoms with Gasteiger partial charge in [0.05, 0.1) is 24.9 Å². The Hall–Kier alpha value is -1.38. The zero-order chi connectivity index (χ0) is 11.0. The Morgan fingerprint density at radius 3 is 2.94 bits per heavy atom. The minimum Gasteiger partial charge on any atom is -0.370 e. The maximum atomic E-state index is 9.22. The van der Waals surface area contributed by atoms with E-state index in [1.165, 1.54) is 0 Å². The van der Waals surface area contributed by atoms with Gasteiger partial charge in [-0.2, -0.15) is 10.4 Å². The van der Waals surface area contributed by atoms with Crippen LogP contribution >= 0.6 is 0 Å². The summed E-state index contributed by atoms with van der Waals surface area (Å²) >= 11 is 0. The summed E-state index contributed by atoms with van der Waals surface area (Å²) in [6, 6.07) is 2.65. The van der Waals surface area contributed by atoms with Crippen LogP contribution in [0.5, 0.6) is 0 Å². The van der Waals surface area contributed by atoms with Gasteiger partial charge in [-0.15, -0.1) is 0 Å². The normalized spacial score (nSPS) is 20.7. The van der Waals surface area contributed by atoms with E-state index in [9.17, 15) is 5.26 Å². The van der Waals surface area contributed by atoms with Crippen LogP contribution in [0.25, 0.3) is 0 Å². The molecular formula is C11H14N4O. The van der Waals surface area contributed by atoms with E-state index < -0.39 is 0 Å². The van der Waals surface area contributed by atoms with Crippen LogP contribution in [-0.2, 0) is 18.0 Å². The number of rotatable bonds is 1. The van der Waals surface area contributed by atoms with E-state index in [0.717, 1.165) is 37.2 Å². The first-order chi connectivity index (χ1) is 7.90. The quantitative estimate of drug-likeness (QED) is 0.754. The first-order valence-electron chi connectivity index (χ1n) is 5.69. The van der Waals surface area contributed by atoms with Crippen molar-refractivity contribution in [3.8, 4) is 6.07 Å². The first-order valence-corrected chi connectivity index (χ1v) is 5.69. The first kappa shape index (κ1) is 9.82. The lowest BCUT2D eigenvalue weighted by Crippen LogP contribution is -2.30. The maximum absolute atomic E-state index is 9.22. The highest BCUT2D eigenvalue weighted by molar-refractivity contribution is 5.36. The molecule has 1 aromatic heterocycles. The van der Waals surface area contributed by atoms with Gasteiger partial charge in [-0.05, 0) is 25.9 Å². The Kier molecular flexibility index (Phi) is 2.39. The number of nitrogens with zero attached hydrogens (tertiary/aromatic N) is 3. The van der Waals surface area contributed by atoms with E-state index in [0.29, 0.717) is 24.9 Å². The molecular weight excluding hydrogens is 204 g/mol. The molecule has 0 spiro atoms. The molecule has 2 aliphatic heterocycles. The molecule has 1 N–H and O–H groups in total. The fourth-order valence-corrected chi connectivity index (χ4v) is 2.47. The van der Waals surface area contributed by atoms with Gasteiger partial charge in [0, 0.05) is 5.56 Å². The standard InChI is InChI=1S/C11H14N4O/c12-5-11-9-6-16-7-10(9)14-15(11)8-1-3-13-4-2-8/h8,13H,1-4,6-7H2. The van der Waals surface area contributed by atoms with Crippen LogP contribution in [0.4, 0.5) is 0 Å². The molecule has 0 amide bonds. The van der Waals surface area contributed by atoms with Crippen molar-refractivity contribution in [1.82, 2.24) is 15.1 Å². The summed E-state index contributed by atoms with van der Waals surface area (Å²) in [6.45, 7) is 3.12. The third-order valence-corrected chi connectivity index (χ3v) is 3.34. The molecule has 0 unspecified atom stereocenters. The van der Waals surface area contributed by atoms with Crippen LogP contribution in [-0.4, -0.2) is 22.9 Å². The van der Waals surface area contributed by atoms with Gasteiger partial charge in [0.2, 0.25) is 0 Å². The molecule has 0 aliphatic carbocycles. The van der Waals surface area contributed by atoms with Crippen molar-refractivity contribution in [1.29, 1.82) is 5.26 Å². The molecule has 0 aromatic carbocycles. The Balaban J connectivity index is 1.97. The smallest absolute Gasteiger partial charge is 0.144 e. The average Bonchev–Trinajstić information content (AvgIpc) is 2.89. The average molecular weight is 218 g/mol. The number of hydrogen-bond donors (Lipinski definition) is 1. The minimum atomic E-state index is 0.376. The number of piperidine rings is 1. The lowest BCUT2D eigenvalue weighted by Gasteiger charge is -2.23. The van der Waals surface area contributed by atoms with Gasteiger partial charge in [-0.1, -0.05) is 0 Å². The summed E-state index contributed by atoms with van der Waals surface area (Å²) < 4.78 is 7.23. The molecule has 1 aromatic rings. The van der Waals surface area contributed by atoms with Gasteiger partial charge < -0.3 is 10.1 Å². The van der Waals surface area contributed by atoms with Crippen molar-refractivity contribution in [3.63, 3.8) is 0 Å². The van der Waals surface area contributed by atoms with Crippen molar-refractivity contribution in [2.75, 3.05) is 13.1 Å². The minimum absolute atomic E-state index is 0.376. The van der Waals surface area contributed by atoms with E-state index in [1.807, 2.05) is 4.68 Å². The molecule has 0 saturated carbocycles. The van der Waals surface area contributed by atoms with Gasteiger partial charge in [0.15, 0.2) is 0 Å². The zero-order valence-electron chi connectivity index (χ0n) is 9.07. The Labute approximate surface area is 94.0 Å².